The summed E-state index contributed by atoms with van der Waals surface area (Å²) < 4.78 is 22.2. The highest BCUT2D eigenvalue weighted by Crippen LogP contribution is 2.07. The molecule has 0 amide bonds. The summed E-state index contributed by atoms with van der Waals surface area (Å²) in [6.07, 6.45) is 5.64. The third-order valence-corrected chi connectivity index (χ3v) is 5.03. The van der Waals surface area contributed by atoms with Crippen molar-refractivity contribution in [3.8, 4) is 0 Å². The molecule has 0 bridgehead atoms. The van der Waals surface area contributed by atoms with E-state index in [0.29, 0.717) is 36.6 Å². The summed E-state index contributed by atoms with van der Waals surface area (Å²) in [6.45, 7) is 32.3. The zero-order chi connectivity index (χ0) is 26.2. The Kier molecular flexibility index (Phi) is 30.0. The second kappa shape index (κ2) is 26.4. The number of ether oxygens (including phenoxy) is 4. The molecule has 0 heterocycles. The van der Waals surface area contributed by atoms with Crippen LogP contribution in [-0.2, 0) is 18.9 Å². The fourth-order valence-electron chi connectivity index (χ4n) is 2.30. The van der Waals surface area contributed by atoms with Crippen molar-refractivity contribution in [2.24, 2.45) is 23.7 Å². The Balaban J connectivity index is -0.000000416. The average Bonchev–Trinajstić information content (AvgIpc) is 2.76. The topological polar surface area (TPSA) is 36.9 Å². The third kappa shape index (κ3) is 34.1. The van der Waals surface area contributed by atoms with Crippen LogP contribution in [0.25, 0.3) is 0 Å². The van der Waals surface area contributed by atoms with Gasteiger partial charge in [-0.15, -0.1) is 0 Å². The monoisotopic (exact) mass is 476 g/mol. The van der Waals surface area contributed by atoms with Crippen molar-refractivity contribution in [2.75, 3.05) is 33.0 Å². The molecule has 0 aliphatic rings. The Morgan fingerprint density at radius 1 is 0.424 bits per heavy atom. The zero-order valence-corrected chi connectivity index (χ0v) is 25.0. The van der Waals surface area contributed by atoms with Crippen LogP contribution in [-0.4, -0.2) is 51.3 Å². The first-order valence-electron chi connectivity index (χ1n) is 13.8. The molecule has 0 aliphatic carbocycles. The van der Waals surface area contributed by atoms with Gasteiger partial charge in [0.25, 0.3) is 0 Å². The van der Waals surface area contributed by atoms with Gasteiger partial charge in [0.2, 0.25) is 0 Å². The van der Waals surface area contributed by atoms with Gasteiger partial charge in [-0.25, -0.2) is 0 Å². The molecule has 0 spiro atoms. The molecule has 0 fully saturated rings. The van der Waals surface area contributed by atoms with Gasteiger partial charge < -0.3 is 18.9 Å². The van der Waals surface area contributed by atoms with E-state index < -0.39 is 0 Å². The maximum atomic E-state index is 5.69. The number of rotatable bonds is 17. The van der Waals surface area contributed by atoms with E-state index in [4.69, 9.17) is 18.9 Å². The smallest absolute Gasteiger partial charge is 0.0780 e. The van der Waals surface area contributed by atoms with Gasteiger partial charge in [0.05, 0.1) is 24.9 Å². The molecule has 0 aliphatic heterocycles. The largest absolute Gasteiger partial charge is 0.381 e. The standard InChI is InChI=1S/C11H24O2.C10H22O.C8H18O/c1-6-10(4)13-8-11(5)12-7-9(2)3;1-5-9(4)8-11-10(6-2)7-3;1-7(2)5-9-6-8(3)4/h9-11H,6-8H2,1-5H3;9-10H,5-8H2,1-4H3;7-8H,5-6H2,1-4H3. The highest BCUT2D eigenvalue weighted by atomic mass is 16.5. The van der Waals surface area contributed by atoms with Crippen molar-refractivity contribution in [1.29, 1.82) is 0 Å². The van der Waals surface area contributed by atoms with Gasteiger partial charge in [-0.1, -0.05) is 82.6 Å². The number of hydrogen-bond donors (Lipinski definition) is 0. The fraction of sp³-hybridized carbons (Fsp3) is 1.00. The minimum Gasteiger partial charge on any atom is -0.381 e. The predicted molar refractivity (Wildman–Crippen MR) is 146 cm³/mol. The summed E-state index contributed by atoms with van der Waals surface area (Å²) in [5, 5.41) is 0. The lowest BCUT2D eigenvalue weighted by molar-refractivity contribution is -0.0388. The molecule has 33 heavy (non-hydrogen) atoms. The molecule has 4 heteroatoms. The molecule has 0 rings (SSSR count). The Labute approximate surface area is 209 Å². The summed E-state index contributed by atoms with van der Waals surface area (Å²) in [7, 11) is 0. The van der Waals surface area contributed by atoms with Crippen LogP contribution in [0.15, 0.2) is 0 Å². The van der Waals surface area contributed by atoms with Gasteiger partial charge >= 0.3 is 0 Å². The van der Waals surface area contributed by atoms with E-state index in [1.54, 1.807) is 0 Å². The van der Waals surface area contributed by atoms with Crippen molar-refractivity contribution < 1.29 is 18.9 Å². The van der Waals surface area contributed by atoms with Crippen LogP contribution in [0.5, 0.6) is 0 Å². The summed E-state index contributed by atoms with van der Waals surface area (Å²) in [5.41, 5.74) is 0. The molecular formula is C29H64O4. The molecule has 0 radical (unpaired) electrons. The molecule has 0 aromatic carbocycles. The lowest BCUT2D eigenvalue weighted by Gasteiger charge is -2.17. The average molecular weight is 477 g/mol. The molecule has 0 N–H and O–H groups in total. The minimum atomic E-state index is 0.219. The molecule has 204 valence electrons. The fourth-order valence-corrected chi connectivity index (χ4v) is 2.30. The van der Waals surface area contributed by atoms with Crippen molar-refractivity contribution in [3.05, 3.63) is 0 Å². The van der Waals surface area contributed by atoms with E-state index in [0.717, 1.165) is 51.6 Å². The van der Waals surface area contributed by atoms with Gasteiger partial charge in [-0.05, 0) is 56.8 Å². The minimum absolute atomic E-state index is 0.219. The first-order chi connectivity index (χ1) is 15.4. The van der Waals surface area contributed by atoms with Gasteiger partial charge in [0.15, 0.2) is 0 Å². The molecule has 4 nitrogen and oxygen atoms in total. The summed E-state index contributed by atoms with van der Waals surface area (Å²) in [4.78, 5) is 0. The SMILES string of the molecule is CC(C)COCC(C)C.CCC(C)COC(CC)CC.CCC(C)OCC(C)OCC(C)C. The van der Waals surface area contributed by atoms with Gasteiger partial charge in [0.1, 0.15) is 0 Å². The van der Waals surface area contributed by atoms with Crippen LogP contribution >= 0.6 is 0 Å². The van der Waals surface area contributed by atoms with Crippen LogP contribution in [0.2, 0.25) is 0 Å². The van der Waals surface area contributed by atoms with Gasteiger partial charge in [-0.3, -0.25) is 0 Å². The van der Waals surface area contributed by atoms with Gasteiger partial charge in [-0.2, -0.15) is 0 Å². The molecular weight excluding hydrogens is 412 g/mol. The van der Waals surface area contributed by atoms with Gasteiger partial charge in [0, 0.05) is 26.4 Å². The quantitative estimate of drug-likeness (QED) is 0.211. The van der Waals surface area contributed by atoms with E-state index in [2.05, 4.69) is 90.0 Å². The van der Waals surface area contributed by atoms with Crippen LogP contribution in [0.4, 0.5) is 0 Å². The van der Waals surface area contributed by atoms with E-state index in [-0.39, 0.29) is 6.10 Å². The maximum Gasteiger partial charge on any atom is 0.0780 e. The summed E-state index contributed by atoms with van der Waals surface area (Å²) in [6, 6.07) is 0. The molecule has 0 saturated carbocycles. The zero-order valence-electron chi connectivity index (χ0n) is 25.0. The van der Waals surface area contributed by atoms with Crippen LogP contribution in [0.1, 0.15) is 116 Å². The van der Waals surface area contributed by atoms with Crippen molar-refractivity contribution in [2.45, 2.75) is 134 Å². The molecule has 0 aromatic rings. The lowest BCUT2D eigenvalue weighted by atomic mass is 10.1. The highest BCUT2D eigenvalue weighted by Gasteiger charge is 2.06. The summed E-state index contributed by atoms with van der Waals surface area (Å²) >= 11 is 0. The predicted octanol–water partition coefficient (Wildman–Crippen LogP) is 8.42. The van der Waals surface area contributed by atoms with Crippen molar-refractivity contribution in [1.82, 2.24) is 0 Å². The molecule has 3 atom stereocenters. The Bertz CT molecular complexity index is 346. The first kappa shape index (κ1) is 37.4. The van der Waals surface area contributed by atoms with E-state index in [1.807, 2.05) is 0 Å². The number of hydrogen-bond acceptors (Lipinski definition) is 4. The first-order valence-corrected chi connectivity index (χ1v) is 13.8. The second-order valence-corrected chi connectivity index (χ2v) is 10.7. The second-order valence-electron chi connectivity index (χ2n) is 10.7. The van der Waals surface area contributed by atoms with E-state index in [9.17, 15) is 0 Å². The molecule has 0 saturated heterocycles. The Morgan fingerprint density at radius 3 is 1.24 bits per heavy atom. The van der Waals surface area contributed by atoms with Crippen molar-refractivity contribution >= 4 is 0 Å². The molecule has 3 unspecified atom stereocenters. The van der Waals surface area contributed by atoms with E-state index >= 15 is 0 Å². The maximum absolute atomic E-state index is 5.69. The lowest BCUT2D eigenvalue weighted by Crippen LogP contribution is -2.21. The normalized spacial score (nSPS) is 14.1. The van der Waals surface area contributed by atoms with Crippen molar-refractivity contribution in [3.63, 3.8) is 0 Å². The Hall–Kier alpha value is -0.160. The third-order valence-electron chi connectivity index (χ3n) is 5.03. The van der Waals surface area contributed by atoms with E-state index in [1.165, 1.54) is 6.42 Å². The van der Waals surface area contributed by atoms with Crippen LogP contribution in [0, 0.1) is 23.7 Å². The van der Waals surface area contributed by atoms with Crippen LogP contribution < -0.4 is 0 Å². The highest BCUT2D eigenvalue weighted by molar-refractivity contribution is 4.54. The van der Waals surface area contributed by atoms with Crippen LogP contribution in [0.3, 0.4) is 0 Å². The summed E-state index contributed by atoms with van der Waals surface area (Å²) in [5.74, 6) is 2.66. The molecule has 0 aromatic heterocycles. The Morgan fingerprint density at radius 2 is 0.879 bits per heavy atom.